The molecule has 0 aromatic rings. The Bertz CT molecular complexity index is 295. The van der Waals surface area contributed by atoms with Gasteiger partial charge in [-0.3, -0.25) is 19.4 Å². The van der Waals surface area contributed by atoms with Crippen molar-refractivity contribution in [3.05, 3.63) is 0 Å². The summed E-state index contributed by atoms with van der Waals surface area (Å²) >= 11 is 0. The molecule has 0 aromatic carbocycles. The summed E-state index contributed by atoms with van der Waals surface area (Å²) in [5.41, 5.74) is -1.04. The molecule has 1 heterocycles. The Morgan fingerprint density at radius 2 is 1.27 bits per heavy atom. The maximum Gasteiger partial charge on any atom is 0.332 e. The van der Waals surface area contributed by atoms with E-state index in [1.165, 1.54) is 14.1 Å². The Labute approximate surface area is 89.0 Å². The zero-order valence-corrected chi connectivity index (χ0v) is 9.53. The fourth-order valence-electron chi connectivity index (χ4n) is 1.99. The first-order valence-electron chi connectivity index (χ1n) is 5.02. The third-order valence-corrected chi connectivity index (χ3v) is 3.21. The first-order chi connectivity index (χ1) is 6.92. The second kappa shape index (κ2) is 3.64. The molecule has 0 aromatic heterocycles. The van der Waals surface area contributed by atoms with Crippen molar-refractivity contribution < 1.29 is 14.4 Å². The van der Waals surface area contributed by atoms with Gasteiger partial charge < -0.3 is 0 Å². The Balaban J connectivity index is 3.23. The second-order valence-corrected chi connectivity index (χ2v) is 3.80. The molecule has 0 radical (unpaired) electrons. The molecule has 15 heavy (non-hydrogen) atoms. The van der Waals surface area contributed by atoms with E-state index in [1.807, 2.05) is 0 Å². The summed E-state index contributed by atoms with van der Waals surface area (Å²) in [6.45, 7) is 3.58. The highest BCUT2D eigenvalue weighted by Gasteiger charge is 2.52. The lowest BCUT2D eigenvalue weighted by Crippen LogP contribution is -2.62. The smallest absolute Gasteiger partial charge is 0.273 e. The minimum absolute atomic E-state index is 0.388. The summed E-state index contributed by atoms with van der Waals surface area (Å²) in [5, 5.41) is 0. The molecule has 0 aliphatic carbocycles. The molecule has 1 saturated heterocycles. The van der Waals surface area contributed by atoms with Crippen LogP contribution in [0.25, 0.3) is 0 Å². The van der Waals surface area contributed by atoms with E-state index in [0.717, 1.165) is 9.80 Å². The fourth-order valence-corrected chi connectivity index (χ4v) is 1.99. The molecule has 0 bridgehead atoms. The maximum atomic E-state index is 11.9. The van der Waals surface area contributed by atoms with Gasteiger partial charge in [0.05, 0.1) is 0 Å². The largest absolute Gasteiger partial charge is 0.332 e. The van der Waals surface area contributed by atoms with E-state index >= 15 is 0 Å². The van der Waals surface area contributed by atoms with Gasteiger partial charge >= 0.3 is 6.03 Å². The van der Waals surface area contributed by atoms with Gasteiger partial charge in [-0.1, -0.05) is 13.8 Å². The highest BCUT2D eigenvalue weighted by molar-refractivity contribution is 6.18. The molecule has 5 nitrogen and oxygen atoms in total. The van der Waals surface area contributed by atoms with Gasteiger partial charge in [-0.05, 0) is 12.8 Å². The molecule has 5 heteroatoms. The van der Waals surface area contributed by atoms with E-state index in [-0.39, 0.29) is 11.8 Å². The van der Waals surface area contributed by atoms with Crippen molar-refractivity contribution in [2.75, 3.05) is 14.1 Å². The molecular formula is C10H16N2O3. The highest BCUT2D eigenvalue weighted by atomic mass is 16.2. The number of nitrogens with zero attached hydrogens (tertiary/aromatic N) is 2. The number of carbonyl (C=O) groups is 3. The summed E-state index contributed by atoms with van der Waals surface area (Å²) in [6.07, 6.45) is 0.840. The van der Waals surface area contributed by atoms with Crippen LogP contribution in [0, 0.1) is 5.41 Å². The minimum atomic E-state index is -1.04. The predicted molar refractivity (Wildman–Crippen MR) is 54.0 cm³/mol. The van der Waals surface area contributed by atoms with Crippen molar-refractivity contribution in [1.29, 1.82) is 0 Å². The number of hydrogen-bond acceptors (Lipinski definition) is 3. The number of rotatable bonds is 2. The van der Waals surface area contributed by atoms with Gasteiger partial charge in [-0.25, -0.2) is 4.79 Å². The lowest BCUT2D eigenvalue weighted by molar-refractivity contribution is -0.157. The molecule has 0 spiro atoms. The lowest BCUT2D eigenvalue weighted by atomic mass is 9.78. The Hall–Kier alpha value is -1.39. The summed E-state index contributed by atoms with van der Waals surface area (Å²) < 4.78 is 0. The van der Waals surface area contributed by atoms with Crippen LogP contribution in [0.5, 0.6) is 0 Å². The van der Waals surface area contributed by atoms with Crippen molar-refractivity contribution >= 4 is 17.8 Å². The Morgan fingerprint density at radius 1 is 0.933 bits per heavy atom. The first-order valence-corrected chi connectivity index (χ1v) is 5.02. The van der Waals surface area contributed by atoms with E-state index in [4.69, 9.17) is 0 Å². The third kappa shape index (κ3) is 1.33. The van der Waals surface area contributed by atoms with E-state index in [0.29, 0.717) is 12.8 Å². The van der Waals surface area contributed by atoms with Gasteiger partial charge in [-0.15, -0.1) is 0 Å². The lowest BCUT2D eigenvalue weighted by Gasteiger charge is -2.40. The van der Waals surface area contributed by atoms with Crippen molar-refractivity contribution in [3.8, 4) is 0 Å². The normalized spacial score (nSPS) is 21.2. The first kappa shape index (κ1) is 11.7. The van der Waals surface area contributed by atoms with Gasteiger partial charge in [0.15, 0.2) is 0 Å². The number of amides is 4. The molecule has 1 rings (SSSR count). The summed E-state index contributed by atoms with van der Waals surface area (Å²) in [7, 11) is 2.82. The minimum Gasteiger partial charge on any atom is -0.273 e. The highest BCUT2D eigenvalue weighted by Crippen LogP contribution is 2.34. The van der Waals surface area contributed by atoms with Crippen LogP contribution in [-0.4, -0.2) is 41.7 Å². The van der Waals surface area contributed by atoms with E-state index in [1.54, 1.807) is 13.8 Å². The Kier molecular flexibility index (Phi) is 2.83. The molecule has 4 amide bonds. The molecule has 0 saturated carbocycles. The van der Waals surface area contributed by atoms with Crippen molar-refractivity contribution in [2.45, 2.75) is 26.7 Å². The van der Waals surface area contributed by atoms with Gasteiger partial charge in [-0.2, -0.15) is 0 Å². The van der Waals surface area contributed by atoms with Crippen molar-refractivity contribution in [2.24, 2.45) is 5.41 Å². The third-order valence-electron chi connectivity index (χ3n) is 3.21. The van der Waals surface area contributed by atoms with Crippen LogP contribution in [0.4, 0.5) is 4.79 Å². The summed E-state index contributed by atoms with van der Waals surface area (Å²) in [4.78, 5) is 37.4. The number of imide groups is 2. The van der Waals surface area contributed by atoms with E-state index in [9.17, 15) is 14.4 Å². The van der Waals surface area contributed by atoms with Crippen LogP contribution in [0.15, 0.2) is 0 Å². The topological polar surface area (TPSA) is 57.7 Å². The maximum absolute atomic E-state index is 11.9. The molecular weight excluding hydrogens is 196 g/mol. The van der Waals surface area contributed by atoms with Crippen LogP contribution in [-0.2, 0) is 9.59 Å². The van der Waals surface area contributed by atoms with Crippen LogP contribution in [0.2, 0.25) is 0 Å². The molecule has 84 valence electrons. The SMILES string of the molecule is CCC1(CC)C(=O)N(C)C(=O)N(C)C1=O. The number of hydrogen-bond donors (Lipinski definition) is 0. The molecule has 0 unspecified atom stereocenters. The van der Waals surface area contributed by atoms with Crippen LogP contribution in [0.1, 0.15) is 26.7 Å². The van der Waals surface area contributed by atoms with Gasteiger partial charge in [0.1, 0.15) is 5.41 Å². The van der Waals surface area contributed by atoms with Crippen molar-refractivity contribution in [1.82, 2.24) is 9.80 Å². The predicted octanol–water partition coefficient (Wildman–Crippen LogP) is 0.843. The van der Waals surface area contributed by atoms with Crippen LogP contribution < -0.4 is 0 Å². The second-order valence-electron chi connectivity index (χ2n) is 3.80. The zero-order valence-electron chi connectivity index (χ0n) is 9.53. The van der Waals surface area contributed by atoms with E-state index in [2.05, 4.69) is 0 Å². The summed E-state index contributed by atoms with van der Waals surface area (Å²) in [6, 6.07) is -0.553. The molecule has 0 atom stereocenters. The van der Waals surface area contributed by atoms with Crippen LogP contribution >= 0.6 is 0 Å². The van der Waals surface area contributed by atoms with Gasteiger partial charge in [0.25, 0.3) is 0 Å². The number of urea groups is 1. The monoisotopic (exact) mass is 212 g/mol. The molecule has 0 N–H and O–H groups in total. The quantitative estimate of drug-likeness (QED) is 0.637. The molecule has 1 fully saturated rings. The summed E-state index contributed by atoms with van der Waals surface area (Å²) in [5.74, 6) is -0.777. The average Bonchev–Trinajstić information content (AvgIpc) is 2.26. The zero-order chi connectivity index (χ0) is 11.8. The Morgan fingerprint density at radius 3 is 1.53 bits per heavy atom. The molecule has 1 aliphatic rings. The van der Waals surface area contributed by atoms with Gasteiger partial charge in [0.2, 0.25) is 11.8 Å². The van der Waals surface area contributed by atoms with Crippen molar-refractivity contribution in [3.63, 3.8) is 0 Å². The van der Waals surface area contributed by atoms with E-state index < -0.39 is 11.4 Å². The number of carbonyl (C=O) groups excluding carboxylic acids is 3. The standard InChI is InChI=1S/C10H16N2O3/c1-5-10(6-2)7(13)11(3)9(15)12(4)8(10)14/h5-6H2,1-4H3. The van der Waals surface area contributed by atoms with Crippen LogP contribution in [0.3, 0.4) is 0 Å². The fraction of sp³-hybridized carbons (Fsp3) is 0.700. The molecule has 1 aliphatic heterocycles. The van der Waals surface area contributed by atoms with Gasteiger partial charge in [0, 0.05) is 14.1 Å². The number of barbiturate groups is 1. The average molecular weight is 212 g/mol.